The van der Waals surface area contributed by atoms with E-state index < -0.39 is 0 Å². The number of nitrogens with one attached hydrogen (secondary N) is 2. The van der Waals surface area contributed by atoms with Crippen LogP contribution in [0.2, 0.25) is 0 Å². The van der Waals surface area contributed by atoms with Gasteiger partial charge in [0.25, 0.3) is 0 Å². The Balaban J connectivity index is 0.00000392. The molecule has 2 rings (SSSR count). The van der Waals surface area contributed by atoms with Gasteiger partial charge in [-0.1, -0.05) is 25.1 Å². The fraction of sp³-hybridized carbons (Fsp3) is 0.600. The molecule has 0 aromatic heterocycles. The monoisotopic (exact) mass is 505 g/mol. The van der Waals surface area contributed by atoms with Crippen molar-refractivity contribution < 1.29 is 9.18 Å². The molecule has 1 aliphatic rings. The smallest absolute Gasteiger partial charge is 0.243 e. The first-order chi connectivity index (χ1) is 13.0. The zero-order valence-electron chi connectivity index (χ0n) is 17.1. The minimum Gasteiger partial charge on any atom is -0.356 e. The van der Waals surface area contributed by atoms with Crippen LogP contribution < -0.4 is 10.6 Å². The number of amides is 1. The number of halogens is 2. The number of carbonyl (C=O) groups excluding carboxylic acids is 1. The molecule has 6 nitrogen and oxygen atoms in total. The molecule has 28 heavy (non-hydrogen) atoms. The molecule has 0 saturated carbocycles. The predicted molar refractivity (Wildman–Crippen MR) is 123 cm³/mol. The SMILES string of the molecule is CCN1CCCC1CNC(=NCC(=O)N(C)C)NCCc1ccccc1F.I. The molecule has 1 unspecified atom stereocenters. The number of guanidine groups is 1. The molecule has 0 aliphatic carbocycles. The predicted octanol–water partition coefficient (Wildman–Crippen LogP) is 2.09. The van der Waals surface area contributed by atoms with Crippen molar-refractivity contribution in [3.63, 3.8) is 0 Å². The Morgan fingerprint density at radius 3 is 2.75 bits per heavy atom. The van der Waals surface area contributed by atoms with Gasteiger partial charge in [0, 0.05) is 33.2 Å². The average molecular weight is 505 g/mol. The summed E-state index contributed by atoms with van der Waals surface area (Å²) < 4.78 is 13.8. The topological polar surface area (TPSA) is 60.0 Å². The summed E-state index contributed by atoms with van der Waals surface area (Å²) in [4.78, 5) is 20.2. The zero-order valence-corrected chi connectivity index (χ0v) is 19.4. The Kier molecular flexibility index (Phi) is 11.4. The number of hydrogen-bond donors (Lipinski definition) is 2. The zero-order chi connectivity index (χ0) is 19.6. The van der Waals surface area contributed by atoms with E-state index in [0.717, 1.165) is 19.6 Å². The number of likely N-dealkylation sites (N-methyl/N-ethyl adjacent to an activating group) is 2. The average Bonchev–Trinajstić information content (AvgIpc) is 3.12. The highest BCUT2D eigenvalue weighted by Gasteiger charge is 2.22. The van der Waals surface area contributed by atoms with E-state index in [1.165, 1.54) is 23.8 Å². The van der Waals surface area contributed by atoms with Crippen LogP contribution in [-0.2, 0) is 11.2 Å². The van der Waals surface area contributed by atoms with Crippen molar-refractivity contribution in [3.05, 3.63) is 35.6 Å². The molecule has 8 heteroatoms. The molecule has 0 radical (unpaired) electrons. The molecule has 1 aliphatic heterocycles. The quantitative estimate of drug-likeness (QED) is 0.323. The van der Waals surface area contributed by atoms with E-state index in [-0.39, 0.29) is 42.2 Å². The van der Waals surface area contributed by atoms with Crippen LogP contribution in [0.1, 0.15) is 25.3 Å². The molecule has 2 N–H and O–H groups in total. The summed E-state index contributed by atoms with van der Waals surface area (Å²) in [6.45, 7) is 5.77. The van der Waals surface area contributed by atoms with Gasteiger partial charge in [0.15, 0.2) is 5.96 Å². The molecule has 0 bridgehead atoms. The number of likely N-dealkylation sites (tertiary alicyclic amines) is 1. The molecule has 1 amide bonds. The maximum atomic E-state index is 13.8. The van der Waals surface area contributed by atoms with Gasteiger partial charge in [0.05, 0.1) is 0 Å². The van der Waals surface area contributed by atoms with Crippen molar-refractivity contribution in [1.29, 1.82) is 0 Å². The van der Waals surface area contributed by atoms with Crippen LogP contribution in [0.25, 0.3) is 0 Å². The second kappa shape index (κ2) is 12.9. The third-order valence-corrected chi connectivity index (χ3v) is 4.93. The maximum Gasteiger partial charge on any atom is 0.243 e. The van der Waals surface area contributed by atoms with Crippen LogP contribution in [-0.4, -0.2) is 74.5 Å². The molecule has 1 heterocycles. The van der Waals surface area contributed by atoms with Gasteiger partial charge < -0.3 is 15.5 Å². The van der Waals surface area contributed by atoms with Gasteiger partial charge >= 0.3 is 0 Å². The van der Waals surface area contributed by atoms with Crippen molar-refractivity contribution in [2.75, 3.05) is 46.8 Å². The van der Waals surface area contributed by atoms with Crippen molar-refractivity contribution in [2.24, 2.45) is 4.99 Å². The summed E-state index contributed by atoms with van der Waals surface area (Å²) in [5.41, 5.74) is 0.668. The minimum absolute atomic E-state index is 0. The lowest BCUT2D eigenvalue weighted by atomic mass is 10.1. The molecule has 158 valence electrons. The van der Waals surface area contributed by atoms with Crippen LogP contribution in [0.4, 0.5) is 4.39 Å². The van der Waals surface area contributed by atoms with Crippen molar-refractivity contribution in [2.45, 2.75) is 32.2 Å². The van der Waals surface area contributed by atoms with Crippen molar-refractivity contribution in [1.82, 2.24) is 20.4 Å². The number of aliphatic imine (C=N–C) groups is 1. The fourth-order valence-corrected chi connectivity index (χ4v) is 3.24. The van der Waals surface area contributed by atoms with Crippen LogP contribution in [0, 0.1) is 5.82 Å². The summed E-state index contributed by atoms with van der Waals surface area (Å²) in [6, 6.07) is 7.26. The second-order valence-corrected chi connectivity index (χ2v) is 7.03. The summed E-state index contributed by atoms with van der Waals surface area (Å²) in [5.74, 6) is 0.351. The van der Waals surface area contributed by atoms with Crippen molar-refractivity contribution >= 4 is 35.8 Å². The number of hydrogen-bond acceptors (Lipinski definition) is 3. The van der Waals surface area contributed by atoms with Gasteiger partial charge in [0.1, 0.15) is 12.4 Å². The summed E-state index contributed by atoms with van der Waals surface area (Å²) in [5, 5.41) is 6.58. The molecule has 1 fully saturated rings. The highest BCUT2D eigenvalue weighted by atomic mass is 127. The molecule has 1 aromatic carbocycles. The van der Waals surface area contributed by atoms with E-state index in [2.05, 4.69) is 27.4 Å². The highest BCUT2D eigenvalue weighted by molar-refractivity contribution is 14.0. The van der Waals surface area contributed by atoms with E-state index in [1.54, 1.807) is 26.2 Å². The molecular formula is C20H33FIN5O. The van der Waals surface area contributed by atoms with E-state index in [4.69, 9.17) is 0 Å². The normalized spacial score (nSPS) is 17.1. The van der Waals surface area contributed by atoms with Gasteiger partial charge in [0.2, 0.25) is 5.91 Å². The Labute approximate surface area is 185 Å². The molecule has 0 spiro atoms. The third-order valence-electron chi connectivity index (χ3n) is 4.93. The lowest BCUT2D eigenvalue weighted by molar-refractivity contribution is -0.127. The minimum atomic E-state index is -0.196. The molecule has 1 aromatic rings. The summed E-state index contributed by atoms with van der Waals surface area (Å²) in [7, 11) is 3.43. The summed E-state index contributed by atoms with van der Waals surface area (Å²) in [6.07, 6.45) is 2.94. The van der Waals surface area contributed by atoms with Crippen LogP contribution in [0.5, 0.6) is 0 Å². The number of nitrogens with zero attached hydrogens (tertiary/aromatic N) is 3. The summed E-state index contributed by atoms with van der Waals surface area (Å²) >= 11 is 0. The largest absolute Gasteiger partial charge is 0.356 e. The van der Waals surface area contributed by atoms with E-state index in [1.807, 2.05) is 6.07 Å². The molecular weight excluding hydrogens is 472 g/mol. The van der Waals surface area contributed by atoms with Crippen LogP contribution in [0.15, 0.2) is 29.3 Å². The van der Waals surface area contributed by atoms with Gasteiger partial charge in [-0.05, 0) is 44.0 Å². The number of carbonyl (C=O) groups is 1. The first-order valence-corrected chi connectivity index (χ1v) is 9.71. The Hall–Kier alpha value is -1.42. The fourth-order valence-electron chi connectivity index (χ4n) is 3.24. The lowest BCUT2D eigenvalue weighted by Gasteiger charge is -2.24. The molecule has 1 atom stereocenters. The first-order valence-electron chi connectivity index (χ1n) is 9.71. The first kappa shape index (κ1) is 24.6. The Morgan fingerprint density at radius 1 is 1.32 bits per heavy atom. The van der Waals surface area contributed by atoms with E-state index in [0.29, 0.717) is 30.5 Å². The number of benzene rings is 1. The second-order valence-electron chi connectivity index (χ2n) is 7.03. The van der Waals surface area contributed by atoms with Gasteiger partial charge in [-0.15, -0.1) is 24.0 Å². The highest BCUT2D eigenvalue weighted by Crippen LogP contribution is 2.15. The van der Waals surface area contributed by atoms with Gasteiger partial charge in [-0.25, -0.2) is 9.38 Å². The van der Waals surface area contributed by atoms with Gasteiger partial charge in [-0.2, -0.15) is 0 Å². The Bertz CT molecular complexity index is 641. The number of rotatable bonds is 8. The van der Waals surface area contributed by atoms with Crippen LogP contribution in [0.3, 0.4) is 0 Å². The molecule has 1 saturated heterocycles. The van der Waals surface area contributed by atoms with E-state index in [9.17, 15) is 9.18 Å². The van der Waals surface area contributed by atoms with Crippen molar-refractivity contribution in [3.8, 4) is 0 Å². The standard InChI is InChI=1S/C20H32FN5O.HI/c1-4-26-13-7-9-17(26)14-23-20(24-15-19(27)25(2)3)22-12-11-16-8-5-6-10-18(16)21;/h5-6,8,10,17H,4,7,9,11-15H2,1-3H3,(H2,22,23,24);1H. The lowest BCUT2D eigenvalue weighted by Crippen LogP contribution is -2.45. The maximum absolute atomic E-state index is 13.8. The van der Waals surface area contributed by atoms with E-state index >= 15 is 0 Å². The Morgan fingerprint density at radius 2 is 2.07 bits per heavy atom. The van der Waals surface area contributed by atoms with Gasteiger partial charge in [-0.3, -0.25) is 9.69 Å². The third kappa shape index (κ3) is 7.90. The van der Waals surface area contributed by atoms with Crippen LogP contribution >= 0.6 is 24.0 Å².